The lowest BCUT2D eigenvalue weighted by molar-refractivity contribution is -0.155. The molecule has 0 fully saturated rings. The number of anilines is 1. The highest BCUT2D eigenvalue weighted by Crippen LogP contribution is 2.39. The van der Waals surface area contributed by atoms with E-state index in [1.807, 2.05) is 54.0 Å². The number of rotatable bonds is 9. The van der Waals surface area contributed by atoms with Gasteiger partial charge in [-0.1, -0.05) is 48.5 Å². The number of nitrogens with zero attached hydrogens (tertiary/aromatic N) is 2. The minimum absolute atomic E-state index is 0.0396. The van der Waals surface area contributed by atoms with Crippen LogP contribution in [0.3, 0.4) is 0 Å². The van der Waals surface area contributed by atoms with E-state index in [0.717, 1.165) is 22.9 Å². The van der Waals surface area contributed by atoms with E-state index in [-0.39, 0.29) is 19.4 Å². The Kier molecular flexibility index (Phi) is 9.63. The van der Waals surface area contributed by atoms with Crippen molar-refractivity contribution in [2.45, 2.75) is 76.8 Å². The van der Waals surface area contributed by atoms with Crippen molar-refractivity contribution in [2.75, 3.05) is 4.90 Å². The number of para-hydroxylation sites is 1. The fraction of sp³-hybridized carbons (Fsp3) is 0.400. The standard InChI is InChI=1S/C30H36N6O7/c1-30(2,3)43-24(37)15-21(16-32-35-28(31)40)33-26(38)23-14-20-11-7-10-19-12-13-22(27(39)36(23)25(19)20)34-29(41)42-17-18-8-5-4-6-9-18/h4-11,16,21-23H,12-15,17H2,1-3H3,(H,33,38)(H,34,41)(H3,31,35,40)/b32-16+/t21-,22+,23+/m1/s1. The molecular weight excluding hydrogens is 556 g/mol. The van der Waals surface area contributed by atoms with E-state index in [0.29, 0.717) is 18.5 Å². The molecule has 3 atom stereocenters. The third-order valence-electron chi connectivity index (χ3n) is 6.78. The number of carbonyl (C=O) groups is 5. The van der Waals surface area contributed by atoms with Crippen molar-refractivity contribution in [2.24, 2.45) is 10.8 Å². The van der Waals surface area contributed by atoms with Crippen molar-refractivity contribution in [3.8, 4) is 0 Å². The molecule has 0 radical (unpaired) electrons. The zero-order valence-electron chi connectivity index (χ0n) is 24.3. The van der Waals surface area contributed by atoms with Gasteiger partial charge in [0.25, 0.3) is 0 Å². The maximum atomic E-state index is 13.9. The average molecular weight is 593 g/mol. The molecule has 5 N–H and O–H groups in total. The van der Waals surface area contributed by atoms with Gasteiger partial charge in [-0.2, -0.15) is 5.10 Å². The van der Waals surface area contributed by atoms with Gasteiger partial charge in [0.05, 0.1) is 18.2 Å². The number of hydrogen-bond donors (Lipinski definition) is 4. The van der Waals surface area contributed by atoms with Crippen LogP contribution in [-0.2, 0) is 43.3 Å². The molecule has 2 heterocycles. The summed E-state index contributed by atoms with van der Waals surface area (Å²) in [7, 11) is 0. The summed E-state index contributed by atoms with van der Waals surface area (Å²) in [6, 6.07) is 11.0. The second kappa shape index (κ2) is 13.4. The van der Waals surface area contributed by atoms with Crippen LogP contribution < -0.4 is 26.7 Å². The number of amides is 5. The number of carbonyl (C=O) groups excluding carboxylic acids is 5. The van der Waals surface area contributed by atoms with Gasteiger partial charge in [-0.3, -0.25) is 19.3 Å². The summed E-state index contributed by atoms with van der Waals surface area (Å²) in [6.45, 7) is 5.17. The number of benzene rings is 2. The predicted octanol–water partition coefficient (Wildman–Crippen LogP) is 2.06. The molecule has 0 saturated carbocycles. The number of aryl methyl sites for hydroxylation is 1. The topological polar surface area (TPSA) is 182 Å². The number of esters is 1. The fourth-order valence-electron chi connectivity index (χ4n) is 5.06. The lowest BCUT2D eigenvalue weighted by Crippen LogP contribution is -2.56. The molecular formula is C30H36N6O7. The number of hydrazone groups is 1. The molecule has 0 unspecified atom stereocenters. The van der Waals surface area contributed by atoms with E-state index in [9.17, 15) is 24.0 Å². The van der Waals surface area contributed by atoms with Crippen LogP contribution in [0.5, 0.6) is 0 Å². The lowest BCUT2D eigenvalue weighted by atomic mass is 10.0. The molecule has 13 heteroatoms. The predicted molar refractivity (Wildman–Crippen MR) is 157 cm³/mol. The van der Waals surface area contributed by atoms with Gasteiger partial charge < -0.3 is 25.8 Å². The van der Waals surface area contributed by atoms with Gasteiger partial charge in [-0.05, 0) is 50.3 Å². The van der Waals surface area contributed by atoms with E-state index >= 15 is 0 Å². The minimum Gasteiger partial charge on any atom is -0.460 e. The maximum absolute atomic E-state index is 13.9. The summed E-state index contributed by atoms with van der Waals surface area (Å²) in [5.41, 5.74) is 9.47. The number of alkyl carbamates (subject to hydrolysis) is 1. The third-order valence-corrected chi connectivity index (χ3v) is 6.78. The van der Waals surface area contributed by atoms with Crippen molar-refractivity contribution >= 4 is 41.8 Å². The molecule has 0 bridgehead atoms. The molecule has 2 aliphatic heterocycles. The molecule has 0 spiro atoms. The molecule has 2 aromatic rings. The molecule has 228 valence electrons. The van der Waals surface area contributed by atoms with Gasteiger partial charge in [0.1, 0.15) is 24.3 Å². The van der Waals surface area contributed by atoms with Crippen LogP contribution in [0.15, 0.2) is 53.6 Å². The van der Waals surface area contributed by atoms with E-state index < -0.39 is 53.6 Å². The molecule has 5 amide bonds. The van der Waals surface area contributed by atoms with Gasteiger partial charge in [0, 0.05) is 12.6 Å². The van der Waals surface area contributed by atoms with Crippen molar-refractivity contribution in [1.82, 2.24) is 16.1 Å². The first-order chi connectivity index (χ1) is 20.4. The van der Waals surface area contributed by atoms with Crippen LogP contribution in [-0.4, -0.2) is 59.8 Å². The van der Waals surface area contributed by atoms with Crippen molar-refractivity contribution in [3.63, 3.8) is 0 Å². The second-order valence-corrected chi connectivity index (χ2v) is 11.3. The Labute approximate surface area is 249 Å². The first-order valence-electron chi connectivity index (χ1n) is 13.9. The summed E-state index contributed by atoms with van der Waals surface area (Å²) in [4.78, 5) is 65.3. The van der Waals surface area contributed by atoms with Gasteiger partial charge in [0.15, 0.2) is 0 Å². The monoisotopic (exact) mass is 592 g/mol. The number of ether oxygens (including phenoxy) is 2. The molecule has 0 aliphatic carbocycles. The smallest absolute Gasteiger partial charge is 0.408 e. The summed E-state index contributed by atoms with van der Waals surface area (Å²) < 4.78 is 10.7. The largest absolute Gasteiger partial charge is 0.460 e. The van der Waals surface area contributed by atoms with Crippen LogP contribution in [0.4, 0.5) is 15.3 Å². The highest BCUT2D eigenvalue weighted by Gasteiger charge is 2.44. The lowest BCUT2D eigenvalue weighted by Gasteiger charge is -2.28. The summed E-state index contributed by atoms with van der Waals surface area (Å²) in [5.74, 6) is -1.61. The quantitative estimate of drug-likeness (QED) is 0.195. The number of urea groups is 1. The van der Waals surface area contributed by atoms with Crippen LogP contribution >= 0.6 is 0 Å². The molecule has 43 heavy (non-hydrogen) atoms. The van der Waals surface area contributed by atoms with E-state index in [1.54, 1.807) is 20.8 Å². The third kappa shape index (κ3) is 8.31. The normalized spacial score (nSPS) is 18.3. The summed E-state index contributed by atoms with van der Waals surface area (Å²) in [5, 5.41) is 9.11. The Balaban J connectivity index is 1.51. The Morgan fingerprint density at radius 2 is 1.81 bits per heavy atom. The Hall–Kier alpha value is -4.94. The molecule has 2 aromatic carbocycles. The van der Waals surface area contributed by atoms with Gasteiger partial charge in [0.2, 0.25) is 11.8 Å². The Bertz CT molecular complexity index is 1410. The van der Waals surface area contributed by atoms with E-state index in [2.05, 4.69) is 15.7 Å². The van der Waals surface area contributed by atoms with Crippen LogP contribution in [0.1, 0.15) is 50.3 Å². The van der Waals surface area contributed by atoms with E-state index in [1.165, 1.54) is 4.90 Å². The minimum atomic E-state index is -0.985. The highest BCUT2D eigenvalue weighted by molar-refractivity contribution is 6.08. The number of nitrogens with one attached hydrogen (secondary N) is 3. The highest BCUT2D eigenvalue weighted by atomic mass is 16.6. The van der Waals surface area contributed by atoms with Crippen molar-refractivity contribution < 1.29 is 33.4 Å². The molecule has 0 aromatic heterocycles. The molecule has 4 rings (SSSR count). The SMILES string of the molecule is CC(C)(C)OC(=O)C[C@H](/C=N/NC(N)=O)NC(=O)[C@@H]1Cc2cccc3c2N1C(=O)[C@@H](NC(=O)OCc1ccccc1)CC3. The molecule has 0 saturated heterocycles. The summed E-state index contributed by atoms with van der Waals surface area (Å²) >= 11 is 0. The maximum Gasteiger partial charge on any atom is 0.408 e. The number of primary amides is 1. The number of nitrogens with two attached hydrogens (primary N) is 1. The first-order valence-corrected chi connectivity index (χ1v) is 13.9. The van der Waals surface area contributed by atoms with Crippen molar-refractivity contribution in [3.05, 3.63) is 65.2 Å². The van der Waals surface area contributed by atoms with Crippen LogP contribution in [0.2, 0.25) is 0 Å². The zero-order valence-corrected chi connectivity index (χ0v) is 24.3. The zero-order chi connectivity index (χ0) is 31.1. The van der Waals surface area contributed by atoms with E-state index in [4.69, 9.17) is 15.2 Å². The summed E-state index contributed by atoms with van der Waals surface area (Å²) in [6.07, 6.45) is 1.16. The van der Waals surface area contributed by atoms with Gasteiger partial charge in [-0.25, -0.2) is 15.0 Å². The van der Waals surface area contributed by atoms with Crippen LogP contribution in [0.25, 0.3) is 0 Å². The number of hydrogen-bond acceptors (Lipinski definition) is 8. The van der Waals surface area contributed by atoms with Crippen molar-refractivity contribution in [1.29, 1.82) is 0 Å². The van der Waals surface area contributed by atoms with Crippen LogP contribution in [0, 0.1) is 0 Å². The van der Waals surface area contributed by atoms with Gasteiger partial charge in [-0.15, -0.1) is 0 Å². The van der Waals surface area contributed by atoms with Gasteiger partial charge >= 0.3 is 18.1 Å². The molecule has 13 nitrogen and oxygen atoms in total. The Morgan fingerprint density at radius 1 is 1.09 bits per heavy atom. The first kappa shape index (κ1) is 31.0. The Morgan fingerprint density at radius 3 is 2.51 bits per heavy atom. The average Bonchev–Trinajstić information content (AvgIpc) is 3.27. The second-order valence-electron chi connectivity index (χ2n) is 11.3. The molecule has 2 aliphatic rings. The fourth-order valence-corrected chi connectivity index (χ4v) is 5.06.